The normalized spacial score (nSPS) is 11.6. The lowest BCUT2D eigenvalue weighted by Crippen LogP contribution is -2.07. The highest BCUT2D eigenvalue weighted by atomic mass is 32.2. The summed E-state index contributed by atoms with van der Waals surface area (Å²) in [5.74, 6) is -0.570. The molecule has 0 radical (unpaired) electrons. The number of hydrogen-bond donors (Lipinski definition) is 3. The number of hydrogen-bond acceptors (Lipinski definition) is 5. The number of benzene rings is 3. The predicted molar refractivity (Wildman–Crippen MR) is 153 cm³/mol. The van der Waals surface area contributed by atoms with E-state index in [1.807, 2.05) is 54.6 Å². The van der Waals surface area contributed by atoms with E-state index in [9.17, 15) is 23.5 Å². The second kappa shape index (κ2) is 16.4. The zero-order chi connectivity index (χ0) is 28.7. The van der Waals surface area contributed by atoms with Gasteiger partial charge in [-0.25, -0.2) is 4.21 Å². The molecule has 0 bridgehead atoms. The molecule has 0 saturated carbocycles. The minimum Gasteiger partial charge on any atom is -0.494 e. The van der Waals surface area contributed by atoms with Crippen molar-refractivity contribution in [2.24, 2.45) is 0 Å². The molecule has 214 valence electrons. The Morgan fingerprint density at radius 3 is 2.15 bits per heavy atom. The van der Waals surface area contributed by atoms with Crippen molar-refractivity contribution in [1.82, 2.24) is 0 Å². The summed E-state index contributed by atoms with van der Waals surface area (Å²) in [5.41, 5.74) is 3.69. The van der Waals surface area contributed by atoms with Crippen LogP contribution in [0.5, 0.6) is 11.5 Å². The van der Waals surface area contributed by atoms with Crippen molar-refractivity contribution < 1.29 is 38.0 Å². The largest absolute Gasteiger partial charge is 0.494 e. The monoisotopic (exact) mass is 568 g/mol. The Balaban J connectivity index is 1.49. The maximum atomic E-state index is 11.7. The summed E-state index contributed by atoms with van der Waals surface area (Å²) in [5, 5.41) is 18.0. The number of unbranched alkanes of at least 4 members (excludes halogenated alkanes) is 3. The standard InChI is InChI=1S/C31H36O8S/c32-30(33)15-9-19-39-29-14-8-13-24(28(29)16-17-31(34)35)12-4-1-2-7-18-38-26-20-25(21-27(22-26)40(36)37)23-10-5-3-6-11-23/h3,5-6,8,10-11,13-14,20-22H,1-2,4,7,9,12,15-19H2,(H,32,33)(H,34,35)(H,36,37). The van der Waals surface area contributed by atoms with Crippen LogP contribution in [0.15, 0.2) is 71.6 Å². The van der Waals surface area contributed by atoms with Crippen molar-refractivity contribution >= 4 is 23.0 Å². The first-order chi connectivity index (χ1) is 19.3. The van der Waals surface area contributed by atoms with Crippen LogP contribution < -0.4 is 9.47 Å². The zero-order valence-electron chi connectivity index (χ0n) is 22.4. The molecule has 0 amide bonds. The number of carbonyl (C=O) groups is 2. The van der Waals surface area contributed by atoms with Crippen molar-refractivity contribution in [2.75, 3.05) is 13.2 Å². The van der Waals surface area contributed by atoms with Gasteiger partial charge in [0.15, 0.2) is 11.1 Å². The summed E-state index contributed by atoms with van der Waals surface area (Å²) in [6.07, 6.45) is 5.18. The molecule has 1 atom stereocenters. The molecule has 40 heavy (non-hydrogen) atoms. The van der Waals surface area contributed by atoms with Crippen LogP contribution >= 0.6 is 0 Å². The van der Waals surface area contributed by atoms with E-state index in [2.05, 4.69) is 0 Å². The van der Waals surface area contributed by atoms with E-state index < -0.39 is 23.0 Å². The first-order valence-corrected chi connectivity index (χ1v) is 14.6. The summed E-state index contributed by atoms with van der Waals surface area (Å²) < 4.78 is 33.1. The molecule has 0 fully saturated rings. The fourth-order valence-corrected chi connectivity index (χ4v) is 4.86. The van der Waals surface area contributed by atoms with Crippen molar-refractivity contribution in [3.63, 3.8) is 0 Å². The third kappa shape index (κ3) is 10.5. The summed E-state index contributed by atoms with van der Waals surface area (Å²) in [6, 6.07) is 20.5. The lowest BCUT2D eigenvalue weighted by Gasteiger charge is -2.15. The van der Waals surface area contributed by atoms with Gasteiger partial charge in [0.25, 0.3) is 0 Å². The van der Waals surface area contributed by atoms with Gasteiger partial charge in [0.1, 0.15) is 11.5 Å². The number of carboxylic acids is 2. The molecule has 0 saturated heterocycles. The molecular formula is C31H36O8S. The fraction of sp³-hybridized carbons (Fsp3) is 0.355. The van der Waals surface area contributed by atoms with Gasteiger partial charge in [-0.05, 0) is 78.6 Å². The van der Waals surface area contributed by atoms with Crippen LogP contribution in [0.1, 0.15) is 56.1 Å². The number of rotatable bonds is 18. The first-order valence-electron chi connectivity index (χ1n) is 13.4. The molecule has 9 heteroatoms. The molecule has 8 nitrogen and oxygen atoms in total. The minimum absolute atomic E-state index is 0.00308. The highest BCUT2D eigenvalue weighted by Crippen LogP contribution is 2.28. The van der Waals surface area contributed by atoms with Crippen LogP contribution in [0.4, 0.5) is 0 Å². The van der Waals surface area contributed by atoms with E-state index in [-0.39, 0.29) is 19.4 Å². The van der Waals surface area contributed by atoms with Gasteiger partial charge < -0.3 is 24.2 Å². The fourth-order valence-electron chi connectivity index (χ4n) is 4.42. The average molecular weight is 569 g/mol. The minimum atomic E-state index is -2.11. The van der Waals surface area contributed by atoms with Crippen LogP contribution in [0.2, 0.25) is 0 Å². The van der Waals surface area contributed by atoms with Crippen LogP contribution in [0, 0.1) is 0 Å². The third-order valence-corrected chi connectivity index (χ3v) is 7.05. The summed E-state index contributed by atoms with van der Waals surface area (Å²) in [7, 11) is 0. The van der Waals surface area contributed by atoms with Crippen molar-refractivity contribution in [3.8, 4) is 22.6 Å². The zero-order valence-corrected chi connectivity index (χ0v) is 23.2. The molecular weight excluding hydrogens is 532 g/mol. The van der Waals surface area contributed by atoms with Crippen molar-refractivity contribution in [2.45, 2.75) is 62.7 Å². The Morgan fingerprint density at radius 1 is 0.700 bits per heavy atom. The maximum absolute atomic E-state index is 11.7. The highest BCUT2D eigenvalue weighted by Gasteiger charge is 2.12. The van der Waals surface area contributed by atoms with Crippen LogP contribution in [-0.4, -0.2) is 44.1 Å². The molecule has 3 N–H and O–H groups in total. The van der Waals surface area contributed by atoms with E-state index in [0.717, 1.165) is 54.4 Å². The molecule has 3 aromatic rings. The molecule has 0 aliphatic heterocycles. The molecule has 0 heterocycles. The number of aryl methyl sites for hydroxylation is 1. The van der Waals surface area contributed by atoms with Crippen LogP contribution in [0.25, 0.3) is 11.1 Å². The second-order valence-corrected chi connectivity index (χ2v) is 10.4. The van der Waals surface area contributed by atoms with E-state index >= 15 is 0 Å². The van der Waals surface area contributed by atoms with Crippen molar-refractivity contribution in [1.29, 1.82) is 0 Å². The molecule has 0 aromatic heterocycles. The van der Waals surface area contributed by atoms with Gasteiger partial charge in [0.2, 0.25) is 0 Å². The first kappa shape index (κ1) is 30.8. The van der Waals surface area contributed by atoms with E-state index in [1.54, 1.807) is 12.1 Å². The maximum Gasteiger partial charge on any atom is 0.303 e. The molecule has 1 unspecified atom stereocenters. The summed E-state index contributed by atoms with van der Waals surface area (Å²) in [4.78, 5) is 22.2. The van der Waals surface area contributed by atoms with Crippen LogP contribution in [0.3, 0.4) is 0 Å². The van der Waals surface area contributed by atoms with Gasteiger partial charge in [0, 0.05) is 12.8 Å². The lowest BCUT2D eigenvalue weighted by atomic mass is 9.97. The number of carboxylic acid groups (broad SMARTS) is 2. The van der Waals surface area contributed by atoms with Gasteiger partial charge in [-0.3, -0.25) is 9.59 Å². The highest BCUT2D eigenvalue weighted by molar-refractivity contribution is 7.79. The topological polar surface area (TPSA) is 130 Å². The molecule has 3 aromatic carbocycles. The molecule has 3 rings (SSSR count). The van der Waals surface area contributed by atoms with E-state index in [4.69, 9.17) is 14.6 Å². The van der Waals surface area contributed by atoms with Crippen LogP contribution in [-0.2, 0) is 33.5 Å². The van der Waals surface area contributed by atoms with Gasteiger partial charge in [0.05, 0.1) is 18.1 Å². The van der Waals surface area contributed by atoms with Gasteiger partial charge in [-0.1, -0.05) is 55.3 Å². The van der Waals surface area contributed by atoms with Gasteiger partial charge >= 0.3 is 11.9 Å². The Morgan fingerprint density at radius 2 is 1.43 bits per heavy atom. The Kier molecular flexibility index (Phi) is 12.7. The number of aliphatic carboxylic acids is 2. The molecule has 0 aliphatic rings. The van der Waals surface area contributed by atoms with Gasteiger partial charge in [-0.2, -0.15) is 0 Å². The number of ether oxygens (including phenoxy) is 2. The Bertz CT molecular complexity index is 1280. The average Bonchev–Trinajstić information content (AvgIpc) is 2.94. The van der Waals surface area contributed by atoms with E-state index in [0.29, 0.717) is 35.8 Å². The smallest absolute Gasteiger partial charge is 0.303 e. The quantitative estimate of drug-likeness (QED) is 0.119. The lowest BCUT2D eigenvalue weighted by molar-refractivity contribution is -0.138. The molecule has 0 aliphatic carbocycles. The third-order valence-electron chi connectivity index (χ3n) is 6.41. The summed E-state index contributed by atoms with van der Waals surface area (Å²) >= 11 is -2.11. The van der Waals surface area contributed by atoms with Crippen molar-refractivity contribution in [3.05, 3.63) is 77.9 Å². The second-order valence-electron chi connectivity index (χ2n) is 9.45. The predicted octanol–water partition coefficient (Wildman–Crippen LogP) is 6.38. The molecule has 0 spiro atoms. The summed E-state index contributed by atoms with van der Waals surface area (Å²) in [6.45, 7) is 0.749. The van der Waals surface area contributed by atoms with Gasteiger partial charge in [-0.15, -0.1) is 0 Å². The SMILES string of the molecule is O=C(O)CCCOc1cccc(CCCCCCOc2cc(-c3ccccc3)cc(S(=O)O)c2)c1CCC(=O)O. The Labute approximate surface area is 237 Å². The Hall–Kier alpha value is -3.69. The van der Waals surface area contributed by atoms with E-state index in [1.165, 1.54) is 0 Å².